The fraction of sp³-hybridized carbons (Fsp3) is 0.538. The molecule has 2 N–H and O–H groups in total. The van der Waals surface area contributed by atoms with Crippen LogP contribution in [0.4, 0.5) is 5.82 Å². The van der Waals surface area contributed by atoms with Crippen LogP contribution in [0.2, 0.25) is 0 Å². The third-order valence-corrected chi connectivity index (χ3v) is 3.20. The summed E-state index contributed by atoms with van der Waals surface area (Å²) in [7, 11) is 0. The van der Waals surface area contributed by atoms with Crippen molar-refractivity contribution in [2.24, 2.45) is 11.7 Å². The molecule has 1 aliphatic rings. The molecule has 0 aliphatic carbocycles. The van der Waals surface area contributed by atoms with Gasteiger partial charge in [0.2, 0.25) is 0 Å². The Morgan fingerprint density at radius 2 is 2.50 bits per heavy atom. The highest BCUT2D eigenvalue weighted by atomic mass is 16.5. The Morgan fingerprint density at radius 3 is 3.17 bits per heavy atom. The van der Waals surface area contributed by atoms with E-state index in [1.165, 1.54) is 0 Å². The maximum Gasteiger partial charge on any atom is 0.341 e. The standard InChI is InChI=1S/C13H19N3O2/c1-2-18-13(17)11-4-3-6-15-12(11)16-7-5-10(8-14)9-16/h3-4,6,10H,2,5,7-9,14H2,1H3. The molecule has 0 bridgehead atoms. The molecule has 0 aromatic carbocycles. The monoisotopic (exact) mass is 249 g/mol. The van der Waals surface area contributed by atoms with E-state index in [0.29, 0.717) is 30.5 Å². The van der Waals surface area contributed by atoms with E-state index in [9.17, 15) is 4.79 Å². The Labute approximate surface area is 107 Å². The quantitative estimate of drug-likeness (QED) is 0.808. The molecular weight excluding hydrogens is 230 g/mol. The lowest BCUT2D eigenvalue weighted by Gasteiger charge is -2.19. The number of anilines is 1. The number of esters is 1. The van der Waals surface area contributed by atoms with E-state index in [0.717, 1.165) is 19.5 Å². The number of nitrogens with two attached hydrogens (primary N) is 1. The molecule has 1 aromatic heterocycles. The lowest BCUT2D eigenvalue weighted by molar-refractivity contribution is 0.0526. The van der Waals surface area contributed by atoms with Gasteiger partial charge in [-0.2, -0.15) is 0 Å². The molecule has 2 heterocycles. The van der Waals surface area contributed by atoms with Crippen molar-refractivity contribution in [3.8, 4) is 0 Å². The lowest BCUT2D eigenvalue weighted by atomic mass is 10.1. The molecule has 18 heavy (non-hydrogen) atoms. The predicted molar refractivity (Wildman–Crippen MR) is 69.6 cm³/mol. The van der Waals surface area contributed by atoms with E-state index in [2.05, 4.69) is 9.88 Å². The third kappa shape index (κ3) is 2.61. The Kier molecular flexibility index (Phi) is 4.15. The average Bonchev–Trinajstić information content (AvgIpc) is 2.87. The van der Waals surface area contributed by atoms with Gasteiger partial charge in [0.1, 0.15) is 11.4 Å². The van der Waals surface area contributed by atoms with Crippen LogP contribution in [0.1, 0.15) is 23.7 Å². The smallest absolute Gasteiger partial charge is 0.341 e. The van der Waals surface area contributed by atoms with Gasteiger partial charge >= 0.3 is 5.97 Å². The number of carbonyl (C=O) groups is 1. The first kappa shape index (κ1) is 12.8. The van der Waals surface area contributed by atoms with Crippen LogP contribution in [0.25, 0.3) is 0 Å². The Hall–Kier alpha value is -1.62. The minimum atomic E-state index is -0.309. The van der Waals surface area contributed by atoms with E-state index in [1.807, 2.05) is 0 Å². The number of hydrogen-bond acceptors (Lipinski definition) is 5. The molecule has 0 amide bonds. The Morgan fingerprint density at radius 1 is 1.67 bits per heavy atom. The van der Waals surface area contributed by atoms with Crippen LogP contribution in [-0.2, 0) is 4.74 Å². The molecule has 1 atom stereocenters. The molecule has 98 valence electrons. The van der Waals surface area contributed by atoms with Crippen molar-refractivity contribution in [3.63, 3.8) is 0 Å². The molecule has 1 fully saturated rings. The minimum absolute atomic E-state index is 0.309. The van der Waals surface area contributed by atoms with Crippen LogP contribution in [0.3, 0.4) is 0 Å². The molecule has 5 heteroatoms. The lowest BCUT2D eigenvalue weighted by Crippen LogP contribution is -2.25. The maximum absolute atomic E-state index is 11.9. The first-order chi connectivity index (χ1) is 8.76. The van der Waals surface area contributed by atoms with Gasteiger partial charge in [-0.25, -0.2) is 9.78 Å². The van der Waals surface area contributed by atoms with E-state index < -0.39 is 0 Å². The maximum atomic E-state index is 11.9. The summed E-state index contributed by atoms with van der Waals surface area (Å²) >= 11 is 0. The second-order valence-electron chi connectivity index (χ2n) is 4.43. The summed E-state index contributed by atoms with van der Waals surface area (Å²) in [4.78, 5) is 18.3. The third-order valence-electron chi connectivity index (χ3n) is 3.20. The molecular formula is C13H19N3O2. The van der Waals surface area contributed by atoms with Gasteiger partial charge in [0.05, 0.1) is 6.61 Å². The molecule has 0 radical (unpaired) electrons. The van der Waals surface area contributed by atoms with Crippen LogP contribution >= 0.6 is 0 Å². The predicted octanol–water partition coefficient (Wildman–Crippen LogP) is 1.04. The summed E-state index contributed by atoms with van der Waals surface area (Å²) < 4.78 is 5.05. The molecule has 1 aliphatic heterocycles. The topological polar surface area (TPSA) is 68.5 Å². The number of hydrogen-bond donors (Lipinski definition) is 1. The van der Waals surface area contributed by atoms with Gasteiger partial charge in [-0.15, -0.1) is 0 Å². The number of rotatable bonds is 4. The number of aromatic nitrogens is 1. The van der Waals surface area contributed by atoms with Crippen molar-refractivity contribution in [2.75, 3.05) is 31.1 Å². The van der Waals surface area contributed by atoms with Crippen molar-refractivity contribution in [1.29, 1.82) is 0 Å². The first-order valence-electron chi connectivity index (χ1n) is 6.33. The largest absolute Gasteiger partial charge is 0.462 e. The molecule has 0 saturated carbocycles. The van der Waals surface area contributed by atoms with Gasteiger partial charge in [0, 0.05) is 19.3 Å². The van der Waals surface area contributed by atoms with Gasteiger partial charge in [-0.1, -0.05) is 0 Å². The van der Waals surface area contributed by atoms with Crippen LogP contribution in [0.15, 0.2) is 18.3 Å². The van der Waals surface area contributed by atoms with Gasteiger partial charge in [-0.3, -0.25) is 0 Å². The zero-order chi connectivity index (χ0) is 13.0. The summed E-state index contributed by atoms with van der Waals surface area (Å²) in [6.45, 7) is 4.61. The minimum Gasteiger partial charge on any atom is -0.462 e. The zero-order valence-electron chi connectivity index (χ0n) is 10.6. The van der Waals surface area contributed by atoms with Gasteiger partial charge in [0.15, 0.2) is 0 Å². The van der Waals surface area contributed by atoms with E-state index >= 15 is 0 Å². The second kappa shape index (κ2) is 5.82. The SMILES string of the molecule is CCOC(=O)c1cccnc1N1CCC(CN)C1. The van der Waals surface area contributed by atoms with Crippen LogP contribution in [0, 0.1) is 5.92 Å². The van der Waals surface area contributed by atoms with Gasteiger partial charge < -0.3 is 15.4 Å². The van der Waals surface area contributed by atoms with Crippen molar-refractivity contribution < 1.29 is 9.53 Å². The van der Waals surface area contributed by atoms with Crippen LogP contribution in [-0.4, -0.2) is 37.2 Å². The number of pyridine rings is 1. The van der Waals surface area contributed by atoms with E-state index in [4.69, 9.17) is 10.5 Å². The highest BCUT2D eigenvalue weighted by Gasteiger charge is 2.26. The van der Waals surface area contributed by atoms with Gasteiger partial charge in [0.25, 0.3) is 0 Å². The molecule has 0 spiro atoms. The zero-order valence-corrected chi connectivity index (χ0v) is 10.6. The number of carbonyl (C=O) groups excluding carboxylic acids is 1. The molecule has 1 aromatic rings. The number of ether oxygens (including phenoxy) is 1. The van der Waals surface area contributed by atoms with Crippen molar-refractivity contribution in [2.45, 2.75) is 13.3 Å². The normalized spacial score (nSPS) is 19.0. The fourth-order valence-electron chi connectivity index (χ4n) is 2.23. The molecule has 2 rings (SSSR count). The summed E-state index contributed by atoms with van der Waals surface area (Å²) in [6.07, 6.45) is 2.75. The highest BCUT2D eigenvalue weighted by molar-refractivity contribution is 5.94. The first-order valence-corrected chi connectivity index (χ1v) is 6.33. The van der Waals surface area contributed by atoms with E-state index in [1.54, 1.807) is 25.3 Å². The van der Waals surface area contributed by atoms with Gasteiger partial charge in [-0.05, 0) is 37.9 Å². The van der Waals surface area contributed by atoms with Crippen molar-refractivity contribution in [1.82, 2.24) is 4.98 Å². The van der Waals surface area contributed by atoms with Crippen LogP contribution < -0.4 is 10.6 Å². The summed E-state index contributed by atoms with van der Waals surface area (Å²) in [5.74, 6) is 0.894. The summed E-state index contributed by atoms with van der Waals surface area (Å²) in [5.41, 5.74) is 6.22. The van der Waals surface area contributed by atoms with Crippen molar-refractivity contribution >= 4 is 11.8 Å². The van der Waals surface area contributed by atoms with E-state index in [-0.39, 0.29) is 5.97 Å². The Bertz CT molecular complexity index is 422. The second-order valence-corrected chi connectivity index (χ2v) is 4.43. The average molecular weight is 249 g/mol. The highest BCUT2D eigenvalue weighted by Crippen LogP contribution is 2.25. The molecule has 1 unspecified atom stereocenters. The number of nitrogens with zero attached hydrogens (tertiary/aromatic N) is 2. The summed E-state index contributed by atoms with van der Waals surface area (Å²) in [6, 6.07) is 3.52. The van der Waals surface area contributed by atoms with Crippen molar-refractivity contribution in [3.05, 3.63) is 23.9 Å². The fourth-order valence-corrected chi connectivity index (χ4v) is 2.23. The summed E-state index contributed by atoms with van der Waals surface area (Å²) in [5, 5.41) is 0. The molecule has 1 saturated heterocycles. The molecule has 5 nitrogen and oxygen atoms in total. The Balaban J connectivity index is 2.20. The van der Waals surface area contributed by atoms with Crippen LogP contribution in [0.5, 0.6) is 0 Å².